The molecule has 0 aliphatic heterocycles. The van der Waals surface area contributed by atoms with Gasteiger partial charge in [0.05, 0.1) is 11.4 Å². The lowest BCUT2D eigenvalue weighted by Gasteiger charge is -2.21. The molecule has 21 heavy (non-hydrogen) atoms. The zero-order valence-corrected chi connectivity index (χ0v) is 12.5. The second-order valence-electron chi connectivity index (χ2n) is 5.97. The summed E-state index contributed by atoms with van der Waals surface area (Å²) < 4.78 is 0. The predicted octanol–water partition coefficient (Wildman–Crippen LogP) is 2.74. The first kappa shape index (κ1) is 12.9. The molecule has 0 unspecified atom stereocenters. The van der Waals surface area contributed by atoms with E-state index in [0.29, 0.717) is 29.9 Å². The second kappa shape index (κ2) is 4.87. The lowest BCUT2D eigenvalue weighted by atomic mass is 10.2. The summed E-state index contributed by atoms with van der Waals surface area (Å²) in [6.07, 6.45) is 4.44. The Kier molecular flexibility index (Phi) is 2.99. The van der Waals surface area contributed by atoms with Crippen LogP contribution in [0.4, 0.5) is 5.69 Å². The Hall–Kier alpha value is -1.82. The number of carbonyl (C=O) groups is 1. The Labute approximate surface area is 127 Å². The molecule has 0 spiro atoms. The maximum Gasteiger partial charge on any atom is 0.277 e. The molecule has 2 aromatic rings. The zero-order chi connectivity index (χ0) is 14.4. The molecule has 1 amide bonds. The van der Waals surface area contributed by atoms with E-state index in [1.54, 1.807) is 11.3 Å². The number of hydrogen-bond acceptors (Lipinski definition) is 4. The normalized spacial score (nSPS) is 17.9. The molecule has 6 heteroatoms. The Balaban J connectivity index is 1.58. The van der Waals surface area contributed by atoms with Crippen LogP contribution in [-0.4, -0.2) is 27.0 Å². The molecule has 2 aromatic heterocycles. The van der Waals surface area contributed by atoms with Crippen molar-refractivity contribution in [3.05, 3.63) is 33.8 Å². The van der Waals surface area contributed by atoms with Crippen LogP contribution in [0.5, 0.6) is 0 Å². The molecular formula is C15H18N4OS. The van der Waals surface area contributed by atoms with Crippen LogP contribution in [0.25, 0.3) is 0 Å². The van der Waals surface area contributed by atoms with Gasteiger partial charge in [-0.25, -0.2) is 0 Å². The van der Waals surface area contributed by atoms with Gasteiger partial charge in [0.1, 0.15) is 0 Å². The summed E-state index contributed by atoms with van der Waals surface area (Å²) >= 11 is 1.66. The van der Waals surface area contributed by atoms with Crippen molar-refractivity contribution in [2.24, 2.45) is 0 Å². The van der Waals surface area contributed by atoms with Crippen LogP contribution in [0.15, 0.2) is 16.8 Å². The summed E-state index contributed by atoms with van der Waals surface area (Å²) in [5.41, 5.74) is 9.22. The van der Waals surface area contributed by atoms with Crippen LogP contribution in [0.1, 0.15) is 53.3 Å². The minimum atomic E-state index is -0.0376. The van der Waals surface area contributed by atoms with Crippen molar-refractivity contribution in [3.63, 3.8) is 0 Å². The van der Waals surface area contributed by atoms with Crippen molar-refractivity contribution < 1.29 is 4.79 Å². The molecule has 0 atom stereocenters. The predicted molar refractivity (Wildman–Crippen MR) is 82.2 cm³/mol. The highest BCUT2D eigenvalue weighted by molar-refractivity contribution is 7.07. The Morgan fingerprint density at radius 1 is 1.43 bits per heavy atom. The molecule has 4 rings (SSSR count). The first-order valence-corrected chi connectivity index (χ1v) is 8.34. The summed E-state index contributed by atoms with van der Waals surface area (Å²) in [7, 11) is 0. The number of nitrogen functional groups attached to an aromatic ring is 1. The minimum absolute atomic E-state index is 0.0376. The Morgan fingerprint density at radius 3 is 2.86 bits per heavy atom. The van der Waals surface area contributed by atoms with Crippen LogP contribution >= 0.6 is 11.3 Å². The number of nitrogens with one attached hydrogen (secondary N) is 1. The highest BCUT2D eigenvalue weighted by Crippen LogP contribution is 2.42. The molecule has 0 aromatic carbocycles. The van der Waals surface area contributed by atoms with E-state index in [4.69, 9.17) is 5.73 Å². The molecule has 2 aliphatic rings. The van der Waals surface area contributed by atoms with E-state index in [1.807, 2.05) is 10.3 Å². The number of aromatic amines is 1. The average molecular weight is 302 g/mol. The van der Waals surface area contributed by atoms with E-state index in [9.17, 15) is 4.79 Å². The molecule has 3 N–H and O–H groups in total. The van der Waals surface area contributed by atoms with E-state index in [0.717, 1.165) is 31.4 Å². The number of aromatic nitrogens is 2. The van der Waals surface area contributed by atoms with Gasteiger partial charge in [-0.15, -0.1) is 0 Å². The van der Waals surface area contributed by atoms with Crippen molar-refractivity contribution in [3.8, 4) is 0 Å². The van der Waals surface area contributed by atoms with Gasteiger partial charge in [-0.2, -0.15) is 16.4 Å². The van der Waals surface area contributed by atoms with Gasteiger partial charge in [0.25, 0.3) is 5.91 Å². The van der Waals surface area contributed by atoms with Gasteiger partial charge in [0.2, 0.25) is 0 Å². The molecule has 5 nitrogen and oxygen atoms in total. The molecule has 0 saturated heterocycles. The number of thiophene rings is 1. The molecule has 2 heterocycles. The topological polar surface area (TPSA) is 75.0 Å². The summed E-state index contributed by atoms with van der Waals surface area (Å²) in [4.78, 5) is 14.7. The fourth-order valence-corrected chi connectivity index (χ4v) is 3.34. The highest BCUT2D eigenvalue weighted by atomic mass is 32.1. The largest absolute Gasteiger partial charge is 0.395 e. The second-order valence-corrected chi connectivity index (χ2v) is 6.75. The summed E-state index contributed by atoms with van der Waals surface area (Å²) in [6, 6.07) is 2.41. The molecular weight excluding hydrogens is 284 g/mol. The van der Waals surface area contributed by atoms with E-state index in [2.05, 4.69) is 21.6 Å². The number of hydrogen-bond donors (Lipinski definition) is 2. The molecule has 0 radical (unpaired) electrons. The van der Waals surface area contributed by atoms with Gasteiger partial charge in [-0.1, -0.05) is 0 Å². The number of rotatable bonds is 5. The lowest BCUT2D eigenvalue weighted by molar-refractivity contribution is 0.0725. The number of nitrogens with two attached hydrogens (primary N) is 1. The van der Waals surface area contributed by atoms with Gasteiger partial charge >= 0.3 is 0 Å². The van der Waals surface area contributed by atoms with E-state index < -0.39 is 0 Å². The van der Waals surface area contributed by atoms with Gasteiger partial charge in [0.15, 0.2) is 5.69 Å². The molecule has 110 valence electrons. The van der Waals surface area contributed by atoms with Crippen molar-refractivity contribution in [1.29, 1.82) is 0 Å². The molecule has 2 aliphatic carbocycles. The SMILES string of the molecule is Nc1c(C(=O)N(Cc2ccsc2)C2CC2)n[nH]c1C1CC1. The van der Waals surface area contributed by atoms with Gasteiger partial charge < -0.3 is 10.6 Å². The smallest absolute Gasteiger partial charge is 0.277 e. The first-order valence-electron chi connectivity index (χ1n) is 7.40. The van der Waals surface area contributed by atoms with Crippen molar-refractivity contribution in [2.75, 3.05) is 5.73 Å². The third-order valence-electron chi connectivity index (χ3n) is 4.20. The van der Waals surface area contributed by atoms with Crippen LogP contribution in [0, 0.1) is 0 Å². The number of anilines is 1. The average Bonchev–Trinajstić information content (AvgIpc) is 3.41. The van der Waals surface area contributed by atoms with Crippen molar-refractivity contribution in [1.82, 2.24) is 15.1 Å². The fourth-order valence-electron chi connectivity index (χ4n) is 2.68. The number of H-pyrrole nitrogens is 1. The van der Waals surface area contributed by atoms with E-state index >= 15 is 0 Å². The summed E-state index contributed by atoms with van der Waals surface area (Å²) in [5.74, 6) is 0.439. The zero-order valence-electron chi connectivity index (χ0n) is 11.7. The van der Waals surface area contributed by atoms with E-state index in [-0.39, 0.29) is 5.91 Å². The first-order chi connectivity index (χ1) is 10.2. The third kappa shape index (κ3) is 2.44. The van der Waals surface area contributed by atoms with Gasteiger partial charge in [-0.3, -0.25) is 9.89 Å². The van der Waals surface area contributed by atoms with Crippen LogP contribution in [0.2, 0.25) is 0 Å². The van der Waals surface area contributed by atoms with Crippen LogP contribution < -0.4 is 5.73 Å². The summed E-state index contributed by atoms with van der Waals surface area (Å²) in [6.45, 7) is 0.651. The van der Waals surface area contributed by atoms with Crippen LogP contribution in [0.3, 0.4) is 0 Å². The quantitative estimate of drug-likeness (QED) is 0.891. The fraction of sp³-hybridized carbons (Fsp3) is 0.467. The maximum absolute atomic E-state index is 12.8. The monoisotopic (exact) mass is 302 g/mol. The molecule has 2 fully saturated rings. The van der Waals surface area contributed by atoms with Gasteiger partial charge in [0, 0.05) is 18.5 Å². The molecule has 2 saturated carbocycles. The maximum atomic E-state index is 12.8. The lowest BCUT2D eigenvalue weighted by Crippen LogP contribution is -2.33. The Bertz CT molecular complexity index is 655. The minimum Gasteiger partial charge on any atom is -0.395 e. The number of carbonyl (C=O) groups excluding carboxylic acids is 1. The Morgan fingerprint density at radius 2 is 2.24 bits per heavy atom. The number of nitrogens with zero attached hydrogens (tertiary/aromatic N) is 2. The number of amides is 1. The highest BCUT2D eigenvalue weighted by Gasteiger charge is 2.36. The van der Waals surface area contributed by atoms with Gasteiger partial charge in [-0.05, 0) is 48.1 Å². The van der Waals surface area contributed by atoms with E-state index in [1.165, 1.54) is 5.56 Å². The van der Waals surface area contributed by atoms with Crippen molar-refractivity contribution in [2.45, 2.75) is 44.2 Å². The molecule has 0 bridgehead atoms. The van der Waals surface area contributed by atoms with Crippen molar-refractivity contribution >= 4 is 22.9 Å². The third-order valence-corrected chi connectivity index (χ3v) is 4.94. The van der Waals surface area contributed by atoms with Crippen LogP contribution in [-0.2, 0) is 6.54 Å². The standard InChI is InChI=1S/C15H18N4OS/c16-12-13(10-1-2-10)17-18-14(12)15(20)19(11-3-4-11)7-9-5-6-21-8-9/h5-6,8,10-11H,1-4,7,16H2,(H,17,18). The summed E-state index contributed by atoms with van der Waals surface area (Å²) in [5, 5.41) is 11.3.